The van der Waals surface area contributed by atoms with Crippen molar-refractivity contribution in [1.82, 2.24) is 0 Å². The smallest absolute Gasteiger partial charge is 0.339 e. The largest absolute Gasteiger partial charge is 0.507 e. The van der Waals surface area contributed by atoms with Gasteiger partial charge in [-0.2, -0.15) is 0 Å². The highest BCUT2D eigenvalue weighted by Crippen LogP contribution is 2.20. The van der Waals surface area contributed by atoms with Crippen LogP contribution in [0.3, 0.4) is 0 Å². The molecule has 0 saturated carbocycles. The van der Waals surface area contributed by atoms with Crippen LogP contribution in [-0.2, 0) is 6.42 Å². The summed E-state index contributed by atoms with van der Waals surface area (Å²) in [6, 6.07) is 4.88. The fourth-order valence-electron chi connectivity index (χ4n) is 2.91. The minimum absolute atomic E-state index is 0.0207. The molecule has 0 amide bonds. The zero-order valence-electron chi connectivity index (χ0n) is 14.5. The molecule has 2 N–H and O–H groups in total. The summed E-state index contributed by atoms with van der Waals surface area (Å²) in [4.78, 5) is 10.8. The number of phenols is 1. The van der Waals surface area contributed by atoms with Crippen LogP contribution in [0.4, 0.5) is 0 Å². The quantitative estimate of drug-likeness (QED) is 0.442. The topological polar surface area (TPSA) is 57.5 Å². The number of benzene rings is 1. The highest BCUT2D eigenvalue weighted by atomic mass is 16.4. The molecule has 1 rings (SSSR count). The molecular weight excluding hydrogens is 288 g/mol. The highest BCUT2D eigenvalue weighted by Gasteiger charge is 2.09. The number of carboxylic acid groups (broad SMARTS) is 1. The Morgan fingerprint density at radius 3 is 1.87 bits per heavy atom. The molecule has 23 heavy (non-hydrogen) atoms. The van der Waals surface area contributed by atoms with Crippen LogP contribution >= 0.6 is 0 Å². The van der Waals surface area contributed by atoms with E-state index in [0.29, 0.717) is 0 Å². The SMILES string of the molecule is CCCCCCCCCCCCCc1ccc(C(=O)O)c(O)c1. The van der Waals surface area contributed by atoms with Crippen molar-refractivity contribution >= 4 is 5.97 Å². The predicted octanol–water partition coefficient (Wildman–Crippen LogP) is 5.94. The second-order valence-corrected chi connectivity index (χ2v) is 6.44. The third-order valence-corrected chi connectivity index (χ3v) is 4.36. The summed E-state index contributed by atoms with van der Waals surface area (Å²) in [5.74, 6) is -1.21. The fraction of sp³-hybridized carbons (Fsp3) is 0.650. The minimum Gasteiger partial charge on any atom is -0.507 e. The van der Waals surface area contributed by atoms with Gasteiger partial charge in [0.05, 0.1) is 0 Å². The lowest BCUT2D eigenvalue weighted by molar-refractivity contribution is 0.0693. The van der Waals surface area contributed by atoms with Gasteiger partial charge >= 0.3 is 5.97 Å². The summed E-state index contributed by atoms with van der Waals surface area (Å²) in [6.45, 7) is 2.25. The number of aromatic hydroxyl groups is 1. The lowest BCUT2D eigenvalue weighted by atomic mass is 10.0. The van der Waals surface area contributed by atoms with E-state index < -0.39 is 5.97 Å². The van der Waals surface area contributed by atoms with E-state index in [0.717, 1.165) is 18.4 Å². The van der Waals surface area contributed by atoms with Crippen molar-refractivity contribution in [2.24, 2.45) is 0 Å². The van der Waals surface area contributed by atoms with E-state index in [1.54, 1.807) is 12.1 Å². The van der Waals surface area contributed by atoms with Crippen LogP contribution in [0, 0.1) is 0 Å². The van der Waals surface area contributed by atoms with Gasteiger partial charge in [0.1, 0.15) is 11.3 Å². The standard InChI is InChI=1S/C20H32O3/c1-2-3-4-5-6-7-8-9-10-11-12-13-17-14-15-18(20(22)23)19(21)16-17/h14-16,21H,2-13H2,1H3,(H,22,23). The number of hydrogen-bond donors (Lipinski definition) is 2. The Kier molecular flexibility index (Phi) is 10.2. The molecule has 0 aliphatic rings. The normalized spacial score (nSPS) is 10.8. The Bertz CT molecular complexity index is 454. The van der Waals surface area contributed by atoms with Crippen LogP contribution < -0.4 is 0 Å². The molecule has 130 valence electrons. The van der Waals surface area contributed by atoms with Gasteiger partial charge in [-0.25, -0.2) is 4.79 Å². The second kappa shape index (κ2) is 12.0. The molecule has 3 nitrogen and oxygen atoms in total. The highest BCUT2D eigenvalue weighted by molar-refractivity contribution is 5.90. The molecule has 0 bridgehead atoms. The number of hydrogen-bond acceptors (Lipinski definition) is 2. The number of carbonyl (C=O) groups is 1. The molecule has 0 aliphatic heterocycles. The first-order valence-corrected chi connectivity index (χ1v) is 9.20. The third-order valence-electron chi connectivity index (χ3n) is 4.36. The molecule has 0 radical (unpaired) electrons. The van der Waals surface area contributed by atoms with Gasteiger partial charge in [0.15, 0.2) is 0 Å². The predicted molar refractivity (Wildman–Crippen MR) is 95.2 cm³/mol. The van der Waals surface area contributed by atoms with Gasteiger partial charge in [-0.05, 0) is 30.5 Å². The van der Waals surface area contributed by atoms with Crippen LogP contribution in [0.15, 0.2) is 18.2 Å². The second-order valence-electron chi connectivity index (χ2n) is 6.44. The molecular formula is C20H32O3. The van der Waals surface area contributed by atoms with Gasteiger partial charge in [-0.3, -0.25) is 0 Å². The molecule has 1 aromatic carbocycles. The first-order chi connectivity index (χ1) is 11.1. The maximum atomic E-state index is 10.8. The number of unbranched alkanes of at least 4 members (excludes halogenated alkanes) is 10. The zero-order valence-corrected chi connectivity index (χ0v) is 14.5. The van der Waals surface area contributed by atoms with Crippen molar-refractivity contribution in [3.8, 4) is 5.75 Å². The van der Waals surface area contributed by atoms with Gasteiger partial charge in [0, 0.05) is 0 Å². The summed E-state index contributed by atoms with van der Waals surface area (Å²) >= 11 is 0. The summed E-state index contributed by atoms with van der Waals surface area (Å²) in [5.41, 5.74) is 0.996. The Hall–Kier alpha value is -1.51. The molecule has 0 unspecified atom stereocenters. The zero-order chi connectivity index (χ0) is 16.9. The average molecular weight is 320 g/mol. The molecule has 0 heterocycles. The lowest BCUT2D eigenvalue weighted by Gasteiger charge is -2.05. The Morgan fingerprint density at radius 2 is 1.39 bits per heavy atom. The van der Waals surface area contributed by atoms with E-state index in [2.05, 4.69) is 6.92 Å². The van der Waals surface area contributed by atoms with E-state index in [4.69, 9.17) is 5.11 Å². The Morgan fingerprint density at radius 1 is 0.870 bits per heavy atom. The Balaban J connectivity index is 2.03. The fourth-order valence-corrected chi connectivity index (χ4v) is 2.91. The van der Waals surface area contributed by atoms with Crippen LogP contribution in [0.25, 0.3) is 0 Å². The van der Waals surface area contributed by atoms with Gasteiger partial charge in [-0.15, -0.1) is 0 Å². The lowest BCUT2D eigenvalue weighted by Crippen LogP contribution is -1.97. The van der Waals surface area contributed by atoms with Gasteiger partial charge in [-0.1, -0.05) is 77.2 Å². The maximum absolute atomic E-state index is 10.8. The monoisotopic (exact) mass is 320 g/mol. The molecule has 0 saturated heterocycles. The molecule has 1 aromatic rings. The minimum atomic E-state index is -1.08. The van der Waals surface area contributed by atoms with Crippen molar-refractivity contribution in [3.63, 3.8) is 0 Å². The summed E-state index contributed by atoms with van der Waals surface area (Å²) in [7, 11) is 0. The number of rotatable bonds is 13. The van der Waals surface area contributed by atoms with Crippen molar-refractivity contribution in [2.75, 3.05) is 0 Å². The molecule has 0 aromatic heterocycles. The van der Waals surface area contributed by atoms with Crippen molar-refractivity contribution in [3.05, 3.63) is 29.3 Å². The number of carboxylic acids is 1. The third kappa shape index (κ3) is 8.63. The number of aryl methyl sites for hydroxylation is 1. The average Bonchev–Trinajstić information content (AvgIpc) is 2.52. The molecule has 0 atom stereocenters. The summed E-state index contributed by atoms with van der Waals surface area (Å²) in [5, 5.41) is 18.5. The molecule has 0 fully saturated rings. The van der Waals surface area contributed by atoms with E-state index in [-0.39, 0.29) is 11.3 Å². The van der Waals surface area contributed by atoms with Crippen LogP contribution in [0.1, 0.15) is 93.5 Å². The van der Waals surface area contributed by atoms with Crippen molar-refractivity contribution < 1.29 is 15.0 Å². The van der Waals surface area contributed by atoms with E-state index in [1.165, 1.54) is 70.3 Å². The van der Waals surface area contributed by atoms with Crippen molar-refractivity contribution in [1.29, 1.82) is 0 Å². The first kappa shape index (κ1) is 19.5. The van der Waals surface area contributed by atoms with Crippen LogP contribution in [-0.4, -0.2) is 16.2 Å². The van der Waals surface area contributed by atoms with Crippen LogP contribution in [0.2, 0.25) is 0 Å². The van der Waals surface area contributed by atoms with Gasteiger partial charge in [0.25, 0.3) is 0 Å². The molecule has 0 aliphatic carbocycles. The van der Waals surface area contributed by atoms with E-state index >= 15 is 0 Å². The summed E-state index contributed by atoms with van der Waals surface area (Å²) < 4.78 is 0. The Labute approximate surface area is 140 Å². The maximum Gasteiger partial charge on any atom is 0.339 e. The van der Waals surface area contributed by atoms with Crippen LogP contribution in [0.5, 0.6) is 5.75 Å². The van der Waals surface area contributed by atoms with E-state index in [1.807, 2.05) is 0 Å². The number of aromatic carboxylic acids is 1. The van der Waals surface area contributed by atoms with Gasteiger partial charge in [0.2, 0.25) is 0 Å². The molecule has 3 heteroatoms. The summed E-state index contributed by atoms with van der Waals surface area (Å²) in [6.07, 6.45) is 15.4. The van der Waals surface area contributed by atoms with Gasteiger partial charge < -0.3 is 10.2 Å². The van der Waals surface area contributed by atoms with E-state index in [9.17, 15) is 9.90 Å². The molecule has 0 spiro atoms. The van der Waals surface area contributed by atoms with Crippen molar-refractivity contribution in [2.45, 2.75) is 84.0 Å². The first-order valence-electron chi connectivity index (χ1n) is 9.20.